The third kappa shape index (κ3) is 7.02. The highest BCUT2D eigenvalue weighted by Crippen LogP contribution is 2.24. The second kappa shape index (κ2) is 9.96. The minimum Gasteiger partial charge on any atom is -0.494 e. The van der Waals surface area contributed by atoms with E-state index in [1.807, 2.05) is 12.1 Å². The van der Waals surface area contributed by atoms with Gasteiger partial charge in [-0.3, -0.25) is 0 Å². The van der Waals surface area contributed by atoms with Gasteiger partial charge in [0.2, 0.25) is 0 Å². The Morgan fingerprint density at radius 2 is 1.79 bits per heavy atom. The van der Waals surface area contributed by atoms with Crippen LogP contribution in [-0.4, -0.2) is 30.1 Å². The third-order valence-corrected chi connectivity index (χ3v) is 3.68. The van der Waals surface area contributed by atoms with Gasteiger partial charge in [-0.25, -0.2) is 4.79 Å². The van der Waals surface area contributed by atoms with Crippen molar-refractivity contribution in [1.29, 1.82) is 0 Å². The molecule has 0 fully saturated rings. The summed E-state index contributed by atoms with van der Waals surface area (Å²) in [5.74, 6) is 0.322. The van der Waals surface area contributed by atoms with Gasteiger partial charge in [0, 0.05) is 6.42 Å². The number of hydrogen-bond acceptors (Lipinski definition) is 5. The van der Waals surface area contributed by atoms with Gasteiger partial charge in [0.05, 0.1) is 13.2 Å². The van der Waals surface area contributed by atoms with Crippen molar-refractivity contribution < 1.29 is 19.5 Å². The van der Waals surface area contributed by atoms with Gasteiger partial charge in [-0.15, -0.1) is 0 Å². The molecule has 134 valence electrons. The molecule has 1 N–H and O–H groups in total. The van der Waals surface area contributed by atoms with Crippen LogP contribution in [0.2, 0.25) is 0 Å². The lowest BCUT2D eigenvalue weighted by atomic mass is 9.87. The molecule has 0 aromatic heterocycles. The van der Waals surface area contributed by atoms with Gasteiger partial charge in [0.25, 0.3) is 0 Å². The van der Waals surface area contributed by atoms with Gasteiger partial charge in [0.1, 0.15) is 5.75 Å². The van der Waals surface area contributed by atoms with Crippen molar-refractivity contribution in [2.24, 2.45) is 5.16 Å². The number of carbonyl (C=O) groups excluding carboxylic acids is 1. The first-order valence-electron chi connectivity index (χ1n) is 8.50. The lowest BCUT2D eigenvalue weighted by molar-refractivity contribution is -0.135. The molecule has 5 nitrogen and oxygen atoms in total. The quantitative estimate of drug-likeness (QED) is 0.240. The summed E-state index contributed by atoms with van der Waals surface area (Å²) < 4.78 is 10.5. The maximum absolute atomic E-state index is 11.4. The number of oxime groups is 1. The van der Waals surface area contributed by atoms with Crippen molar-refractivity contribution in [2.45, 2.75) is 58.8 Å². The van der Waals surface area contributed by atoms with Crippen molar-refractivity contribution in [3.8, 4) is 5.75 Å². The van der Waals surface area contributed by atoms with Gasteiger partial charge in [-0.05, 0) is 49.3 Å². The fourth-order valence-electron chi connectivity index (χ4n) is 2.22. The van der Waals surface area contributed by atoms with E-state index >= 15 is 0 Å². The van der Waals surface area contributed by atoms with Crippen molar-refractivity contribution >= 4 is 11.7 Å². The number of nitrogens with zero attached hydrogens (tertiary/aromatic N) is 1. The van der Waals surface area contributed by atoms with Crippen molar-refractivity contribution in [1.82, 2.24) is 0 Å². The number of esters is 1. The highest BCUT2D eigenvalue weighted by atomic mass is 16.5. The minimum absolute atomic E-state index is 0.0792. The first-order chi connectivity index (χ1) is 11.4. The zero-order valence-corrected chi connectivity index (χ0v) is 15.2. The number of ether oxygens (including phenoxy) is 2. The van der Waals surface area contributed by atoms with E-state index in [1.54, 1.807) is 6.92 Å². The van der Waals surface area contributed by atoms with Crippen LogP contribution >= 0.6 is 0 Å². The average molecular weight is 335 g/mol. The molecule has 0 atom stereocenters. The van der Waals surface area contributed by atoms with Crippen molar-refractivity contribution in [3.05, 3.63) is 29.8 Å². The molecule has 0 aliphatic rings. The minimum atomic E-state index is -0.546. The Labute approximate surface area is 144 Å². The van der Waals surface area contributed by atoms with Crippen LogP contribution < -0.4 is 4.74 Å². The summed E-state index contributed by atoms with van der Waals surface area (Å²) in [6, 6.07) is 8.19. The monoisotopic (exact) mass is 335 g/mol. The Bertz CT molecular complexity index is 529. The van der Waals surface area contributed by atoms with Crippen LogP contribution in [0.15, 0.2) is 29.4 Å². The molecule has 0 spiro atoms. The Morgan fingerprint density at radius 1 is 1.12 bits per heavy atom. The summed E-state index contributed by atoms with van der Waals surface area (Å²) in [4.78, 5) is 11.4. The van der Waals surface area contributed by atoms with Gasteiger partial charge >= 0.3 is 5.97 Å². The predicted molar refractivity (Wildman–Crippen MR) is 95.0 cm³/mol. The molecule has 1 aromatic carbocycles. The number of hydrogen-bond donors (Lipinski definition) is 1. The summed E-state index contributed by atoms with van der Waals surface area (Å²) in [6.07, 6.45) is 2.93. The molecule has 0 radical (unpaired) electrons. The second-order valence-electron chi connectivity index (χ2n) is 6.70. The largest absolute Gasteiger partial charge is 0.494 e. The normalized spacial score (nSPS) is 12.1. The molecule has 5 heteroatoms. The van der Waals surface area contributed by atoms with Gasteiger partial charge in [-0.2, -0.15) is 0 Å². The molecule has 0 heterocycles. The Kier molecular flexibility index (Phi) is 8.30. The lowest BCUT2D eigenvalue weighted by Gasteiger charge is -2.19. The molecule has 24 heavy (non-hydrogen) atoms. The molecule has 0 amide bonds. The van der Waals surface area contributed by atoms with Gasteiger partial charge in [0.15, 0.2) is 5.71 Å². The van der Waals surface area contributed by atoms with E-state index in [0.29, 0.717) is 13.0 Å². The fourth-order valence-corrected chi connectivity index (χ4v) is 2.22. The first kappa shape index (κ1) is 20.0. The van der Waals surface area contributed by atoms with Crippen molar-refractivity contribution in [3.63, 3.8) is 0 Å². The molecule has 0 unspecified atom stereocenters. The van der Waals surface area contributed by atoms with E-state index in [-0.39, 0.29) is 17.7 Å². The van der Waals surface area contributed by atoms with Crippen LogP contribution in [-0.2, 0) is 14.9 Å². The van der Waals surface area contributed by atoms with Crippen molar-refractivity contribution in [2.75, 3.05) is 13.2 Å². The third-order valence-electron chi connectivity index (χ3n) is 3.68. The molecule has 0 aliphatic heterocycles. The van der Waals surface area contributed by atoms with Crippen LogP contribution in [0, 0.1) is 0 Å². The molecule has 0 aliphatic carbocycles. The molecule has 0 saturated carbocycles. The standard InChI is InChI=1S/C19H29NO4/c1-5-23-18(21)17(20-22)9-7-6-8-14-24-16-12-10-15(11-13-16)19(2,3)4/h10-13,22H,5-9,14H2,1-4H3/b20-17+. The zero-order chi connectivity index (χ0) is 18.0. The maximum Gasteiger partial charge on any atom is 0.356 e. The van der Waals surface area contributed by atoms with E-state index in [0.717, 1.165) is 25.0 Å². The van der Waals surface area contributed by atoms with E-state index < -0.39 is 5.97 Å². The smallest absolute Gasteiger partial charge is 0.356 e. The van der Waals surface area contributed by atoms with E-state index in [2.05, 4.69) is 38.1 Å². The molecule has 1 aromatic rings. The van der Waals surface area contributed by atoms with E-state index in [1.165, 1.54) is 5.56 Å². The highest BCUT2D eigenvalue weighted by Gasteiger charge is 2.13. The number of carbonyl (C=O) groups is 1. The summed E-state index contributed by atoms with van der Waals surface area (Å²) in [5.41, 5.74) is 1.50. The second-order valence-corrected chi connectivity index (χ2v) is 6.70. The zero-order valence-electron chi connectivity index (χ0n) is 15.2. The summed E-state index contributed by atoms with van der Waals surface area (Å²) >= 11 is 0. The summed E-state index contributed by atoms with van der Waals surface area (Å²) in [5, 5.41) is 11.8. The van der Waals surface area contributed by atoms with Crippen LogP contribution in [0.1, 0.15) is 58.9 Å². The molecule has 0 saturated heterocycles. The average Bonchev–Trinajstić information content (AvgIpc) is 2.54. The molecular formula is C19H29NO4. The fraction of sp³-hybridized carbons (Fsp3) is 0.579. The van der Waals surface area contributed by atoms with E-state index in [9.17, 15) is 4.79 Å². The predicted octanol–water partition coefficient (Wildman–Crippen LogP) is 4.32. The topological polar surface area (TPSA) is 68.1 Å². The molecule has 0 bridgehead atoms. The first-order valence-corrected chi connectivity index (χ1v) is 8.50. The molecular weight excluding hydrogens is 306 g/mol. The van der Waals surface area contributed by atoms with Crippen LogP contribution in [0.5, 0.6) is 5.75 Å². The van der Waals surface area contributed by atoms with Gasteiger partial charge < -0.3 is 14.7 Å². The summed E-state index contributed by atoms with van der Waals surface area (Å²) in [7, 11) is 0. The van der Waals surface area contributed by atoms with Crippen LogP contribution in [0.4, 0.5) is 0 Å². The Hall–Kier alpha value is -2.04. The Balaban J connectivity index is 2.23. The Morgan fingerprint density at radius 3 is 2.33 bits per heavy atom. The number of rotatable bonds is 9. The van der Waals surface area contributed by atoms with Crippen LogP contribution in [0.3, 0.4) is 0 Å². The SMILES string of the molecule is CCOC(=O)/C(CCCCCOc1ccc(C(C)(C)C)cc1)=N/O. The molecule has 1 rings (SSSR count). The summed E-state index contributed by atoms with van der Waals surface area (Å²) in [6.45, 7) is 9.17. The number of benzene rings is 1. The maximum atomic E-state index is 11.4. The van der Waals surface area contributed by atoms with E-state index in [4.69, 9.17) is 14.7 Å². The highest BCUT2D eigenvalue weighted by molar-refractivity contribution is 6.36. The van der Waals surface area contributed by atoms with Crippen LogP contribution in [0.25, 0.3) is 0 Å². The van der Waals surface area contributed by atoms with Gasteiger partial charge in [-0.1, -0.05) is 38.1 Å². The number of unbranched alkanes of at least 4 members (excludes halogenated alkanes) is 2. The lowest BCUT2D eigenvalue weighted by Crippen LogP contribution is -2.17.